The van der Waals surface area contributed by atoms with Gasteiger partial charge in [-0.2, -0.15) is 0 Å². The van der Waals surface area contributed by atoms with Crippen molar-refractivity contribution in [3.8, 4) is 0 Å². The van der Waals surface area contributed by atoms with Crippen LogP contribution in [0, 0.1) is 11.8 Å². The Balaban J connectivity index is 2.37. The quantitative estimate of drug-likeness (QED) is 0.650. The lowest BCUT2D eigenvalue weighted by Crippen LogP contribution is -2.42. The Bertz CT molecular complexity index is 341. The molecule has 18 heavy (non-hydrogen) atoms. The van der Waals surface area contributed by atoms with Crippen LogP contribution in [0.25, 0.3) is 0 Å². The Labute approximate surface area is 106 Å². The summed E-state index contributed by atoms with van der Waals surface area (Å²) < 4.78 is 4.71. The molecule has 3 atom stereocenters. The number of aliphatic carboxylic acids is 1. The number of carbonyl (C=O) groups is 3. The standard InChI is InChI=1S/C12H19NO5/c1-3-18-10(14)5-4-9(12(16)17)13-11(15)8-6-7(8)2/h7-9H,3-6H2,1-2H3,(H,13,15)(H,16,17)/t7?,8?,9-/m0/s1. The van der Waals surface area contributed by atoms with E-state index in [2.05, 4.69) is 5.32 Å². The van der Waals surface area contributed by atoms with Crippen molar-refractivity contribution in [2.24, 2.45) is 11.8 Å². The van der Waals surface area contributed by atoms with Crippen LogP contribution in [0.15, 0.2) is 0 Å². The molecule has 2 N–H and O–H groups in total. The number of nitrogens with one attached hydrogen (secondary N) is 1. The summed E-state index contributed by atoms with van der Waals surface area (Å²) >= 11 is 0. The van der Waals surface area contributed by atoms with Crippen LogP contribution < -0.4 is 5.32 Å². The Morgan fingerprint density at radius 3 is 2.50 bits per heavy atom. The summed E-state index contributed by atoms with van der Waals surface area (Å²) in [5, 5.41) is 11.4. The minimum atomic E-state index is -1.12. The first kappa shape index (κ1) is 14.5. The van der Waals surface area contributed by atoms with Crippen molar-refractivity contribution >= 4 is 17.8 Å². The molecule has 0 aromatic heterocycles. The first-order valence-electron chi connectivity index (χ1n) is 6.14. The van der Waals surface area contributed by atoms with E-state index in [0.717, 1.165) is 6.42 Å². The van der Waals surface area contributed by atoms with Crippen LogP contribution in [0.4, 0.5) is 0 Å². The summed E-state index contributed by atoms with van der Waals surface area (Å²) in [4.78, 5) is 33.7. The molecule has 1 aliphatic carbocycles. The fraction of sp³-hybridized carbons (Fsp3) is 0.750. The van der Waals surface area contributed by atoms with E-state index in [1.165, 1.54) is 0 Å². The van der Waals surface area contributed by atoms with Gasteiger partial charge in [-0.3, -0.25) is 9.59 Å². The summed E-state index contributed by atoms with van der Waals surface area (Å²) in [6, 6.07) is -1.02. The molecule has 1 fully saturated rings. The highest BCUT2D eigenvalue weighted by atomic mass is 16.5. The summed E-state index contributed by atoms with van der Waals surface area (Å²) in [5.74, 6) is -1.56. The second-order valence-electron chi connectivity index (χ2n) is 4.56. The van der Waals surface area contributed by atoms with E-state index in [9.17, 15) is 14.4 Å². The number of rotatable bonds is 7. The molecule has 0 spiro atoms. The molecular formula is C12H19NO5. The van der Waals surface area contributed by atoms with Crippen LogP contribution in [0.1, 0.15) is 33.1 Å². The molecule has 6 nitrogen and oxygen atoms in total. The number of esters is 1. The highest BCUT2D eigenvalue weighted by molar-refractivity contribution is 5.86. The van der Waals surface area contributed by atoms with Crippen molar-refractivity contribution < 1.29 is 24.2 Å². The molecule has 0 radical (unpaired) electrons. The topological polar surface area (TPSA) is 92.7 Å². The highest BCUT2D eigenvalue weighted by Gasteiger charge is 2.40. The summed E-state index contributed by atoms with van der Waals surface area (Å²) in [7, 11) is 0. The van der Waals surface area contributed by atoms with Crippen LogP contribution >= 0.6 is 0 Å². The molecule has 0 bridgehead atoms. The largest absolute Gasteiger partial charge is 0.480 e. The van der Waals surface area contributed by atoms with Crippen LogP contribution in [0.2, 0.25) is 0 Å². The highest BCUT2D eigenvalue weighted by Crippen LogP contribution is 2.37. The number of hydrogen-bond donors (Lipinski definition) is 2. The molecule has 0 aromatic carbocycles. The van der Waals surface area contributed by atoms with Crippen molar-refractivity contribution in [1.29, 1.82) is 0 Å². The summed E-state index contributed by atoms with van der Waals surface area (Å²) in [6.07, 6.45) is 0.850. The maximum Gasteiger partial charge on any atom is 0.326 e. The maximum atomic E-state index is 11.6. The molecular weight excluding hydrogens is 238 g/mol. The smallest absolute Gasteiger partial charge is 0.326 e. The van der Waals surface area contributed by atoms with Crippen molar-refractivity contribution in [2.75, 3.05) is 6.61 Å². The Morgan fingerprint density at radius 1 is 1.44 bits per heavy atom. The number of carbonyl (C=O) groups excluding carboxylic acids is 2. The average Bonchev–Trinajstić information content (AvgIpc) is 3.01. The van der Waals surface area contributed by atoms with Gasteiger partial charge in [0.05, 0.1) is 6.61 Å². The molecule has 0 heterocycles. The first-order valence-corrected chi connectivity index (χ1v) is 6.14. The van der Waals surface area contributed by atoms with E-state index in [4.69, 9.17) is 9.84 Å². The number of amides is 1. The minimum Gasteiger partial charge on any atom is -0.480 e. The van der Waals surface area contributed by atoms with Gasteiger partial charge < -0.3 is 15.2 Å². The van der Waals surface area contributed by atoms with E-state index in [-0.39, 0.29) is 31.3 Å². The number of hydrogen-bond acceptors (Lipinski definition) is 4. The van der Waals surface area contributed by atoms with Crippen LogP contribution in [-0.2, 0) is 19.1 Å². The Morgan fingerprint density at radius 2 is 2.06 bits per heavy atom. The Kier molecular flexibility index (Phi) is 5.12. The van der Waals surface area contributed by atoms with Crippen LogP contribution in [0.3, 0.4) is 0 Å². The third-order valence-corrected chi connectivity index (χ3v) is 3.00. The minimum absolute atomic E-state index is 0.00862. The molecule has 0 aliphatic heterocycles. The normalized spacial score (nSPS) is 23.0. The first-order chi connectivity index (χ1) is 8.45. The van der Waals surface area contributed by atoms with Gasteiger partial charge in [-0.15, -0.1) is 0 Å². The van der Waals surface area contributed by atoms with Crippen LogP contribution in [-0.4, -0.2) is 35.6 Å². The molecule has 2 unspecified atom stereocenters. The van der Waals surface area contributed by atoms with E-state index >= 15 is 0 Å². The summed E-state index contributed by atoms with van der Waals surface area (Å²) in [6.45, 7) is 3.89. The van der Waals surface area contributed by atoms with Gasteiger partial charge in [0.15, 0.2) is 0 Å². The van der Waals surface area contributed by atoms with Gasteiger partial charge in [0, 0.05) is 12.3 Å². The van der Waals surface area contributed by atoms with Crippen molar-refractivity contribution in [2.45, 2.75) is 39.2 Å². The SMILES string of the molecule is CCOC(=O)CC[C@H](NC(=O)C1CC1C)C(=O)O. The molecule has 1 amide bonds. The third-order valence-electron chi connectivity index (χ3n) is 3.00. The molecule has 0 saturated heterocycles. The van der Waals surface area contributed by atoms with Gasteiger partial charge in [-0.05, 0) is 25.7 Å². The monoisotopic (exact) mass is 257 g/mol. The molecule has 1 rings (SSSR count). The average molecular weight is 257 g/mol. The van der Waals surface area contributed by atoms with E-state index < -0.39 is 18.0 Å². The summed E-state index contributed by atoms with van der Waals surface area (Å²) in [5.41, 5.74) is 0. The number of ether oxygens (including phenoxy) is 1. The maximum absolute atomic E-state index is 11.6. The lowest BCUT2D eigenvalue weighted by molar-refractivity contribution is -0.145. The lowest BCUT2D eigenvalue weighted by atomic mass is 10.1. The predicted molar refractivity (Wildman–Crippen MR) is 62.7 cm³/mol. The fourth-order valence-electron chi connectivity index (χ4n) is 1.72. The second-order valence-corrected chi connectivity index (χ2v) is 4.56. The zero-order valence-corrected chi connectivity index (χ0v) is 10.6. The van der Waals surface area contributed by atoms with Gasteiger partial charge in [0.2, 0.25) is 5.91 Å². The van der Waals surface area contributed by atoms with E-state index in [1.807, 2.05) is 6.92 Å². The Hall–Kier alpha value is -1.59. The molecule has 0 aromatic rings. The van der Waals surface area contributed by atoms with Crippen molar-refractivity contribution in [3.05, 3.63) is 0 Å². The van der Waals surface area contributed by atoms with E-state index in [1.54, 1.807) is 6.92 Å². The molecule has 1 saturated carbocycles. The second kappa shape index (κ2) is 6.37. The zero-order valence-electron chi connectivity index (χ0n) is 10.6. The van der Waals surface area contributed by atoms with Gasteiger partial charge >= 0.3 is 11.9 Å². The predicted octanol–water partition coefficient (Wildman–Crippen LogP) is 0.555. The van der Waals surface area contributed by atoms with Gasteiger partial charge in [0.25, 0.3) is 0 Å². The van der Waals surface area contributed by atoms with Crippen LogP contribution in [0.5, 0.6) is 0 Å². The fourth-order valence-corrected chi connectivity index (χ4v) is 1.72. The molecule has 102 valence electrons. The molecule has 1 aliphatic rings. The third kappa shape index (κ3) is 4.35. The number of carboxylic acids is 1. The van der Waals surface area contributed by atoms with Gasteiger partial charge in [-0.1, -0.05) is 6.92 Å². The van der Waals surface area contributed by atoms with Gasteiger partial charge in [-0.25, -0.2) is 4.79 Å². The van der Waals surface area contributed by atoms with Crippen molar-refractivity contribution in [1.82, 2.24) is 5.32 Å². The number of carboxylic acid groups (broad SMARTS) is 1. The molecule has 6 heteroatoms. The van der Waals surface area contributed by atoms with Crippen molar-refractivity contribution in [3.63, 3.8) is 0 Å². The zero-order chi connectivity index (χ0) is 13.7. The lowest BCUT2D eigenvalue weighted by Gasteiger charge is -2.13. The van der Waals surface area contributed by atoms with Gasteiger partial charge in [0.1, 0.15) is 6.04 Å². The van der Waals surface area contributed by atoms with E-state index in [0.29, 0.717) is 5.92 Å².